The SMILES string of the molecule is O=c1ccccn1CCNCC1(CCl)CC1. The van der Waals surface area contributed by atoms with Gasteiger partial charge in [-0.2, -0.15) is 0 Å². The van der Waals surface area contributed by atoms with E-state index in [1.807, 2.05) is 12.3 Å². The van der Waals surface area contributed by atoms with Gasteiger partial charge in [-0.1, -0.05) is 6.07 Å². The Hall–Kier alpha value is -0.800. The predicted molar refractivity (Wildman–Crippen MR) is 66.0 cm³/mol. The summed E-state index contributed by atoms with van der Waals surface area (Å²) in [5.74, 6) is 0.741. The molecule has 1 saturated carbocycles. The molecular weight excluding hydrogens is 224 g/mol. The number of pyridine rings is 1. The average Bonchev–Trinajstić information content (AvgIpc) is 3.07. The lowest BCUT2D eigenvalue weighted by atomic mass is 10.1. The van der Waals surface area contributed by atoms with Crippen molar-refractivity contribution in [3.05, 3.63) is 34.7 Å². The summed E-state index contributed by atoms with van der Waals surface area (Å²) in [5.41, 5.74) is 0.409. The lowest BCUT2D eigenvalue weighted by Crippen LogP contribution is -2.30. The van der Waals surface area contributed by atoms with Crippen LogP contribution in [0.4, 0.5) is 0 Å². The van der Waals surface area contributed by atoms with Gasteiger partial charge >= 0.3 is 0 Å². The largest absolute Gasteiger partial charge is 0.314 e. The molecule has 16 heavy (non-hydrogen) atoms. The topological polar surface area (TPSA) is 34.0 Å². The highest BCUT2D eigenvalue weighted by atomic mass is 35.5. The third-order valence-corrected chi connectivity index (χ3v) is 3.74. The van der Waals surface area contributed by atoms with Crippen LogP contribution in [-0.4, -0.2) is 23.5 Å². The van der Waals surface area contributed by atoms with E-state index in [-0.39, 0.29) is 5.56 Å². The number of hydrogen-bond acceptors (Lipinski definition) is 2. The van der Waals surface area contributed by atoms with E-state index in [4.69, 9.17) is 11.6 Å². The van der Waals surface area contributed by atoms with Crippen molar-refractivity contribution in [2.24, 2.45) is 5.41 Å². The fraction of sp³-hybridized carbons (Fsp3) is 0.583. The minimum absolute atomic E-state index is 0.0581. The lowest BCUT2D eigenvalue weighted by molar-refractivity contribution is 0.485. The Labute approximate surface area is 100 Å². The molecule has 1 heterocycles. The molecule has 1 aliphatic rings. The molecule has 0 aromatic carbocycles. The molecule has 3 nitrogen and oxygen atoms in total. The predicted octanol–water partition coefficient (Wildman–Crippen LogP) is 1.46. The molecule has 0 bridgehead atoms. The molecule has 2 rings (SSSR count). The summed E-state index contributed by atoms with van der Waals surface area (Å²) in [6, 6.07) is 5.22. The van der Waals surface area contributed by atoms with Crippen LogP contribution in [0.3, 0.4) is 0 Å². The van der Waals surface area contributed by atoms with Crippen molar-refractivity contribution in [1.82, 2.24) is 9.88 Å². The van der Waals surface area contributed by atoms with Gasteiger partial charge in [0.1, 0.15) is 0 Å². The van der Waals surface area contributed by atoms with Crippen molar-refractivity contribution >= 4 is 11.6 Å². The van der Waals surface area contributed by atoms with Gasteiger partial charge in [0.25, 0.3) is 5.56 Å². The van der Waals surface area contributed by atoms with E-state index in [2.05, 4.69) is 5.32 Å². The van der Waals surface area contributed by atoms with Gasteiger partial charge in [-0.05, 0) is 24.3 Å². The zero-order chi connectivity index (χ0) is 11.4. The Balaban J connectivity index is 1.72. The maximum absolute atomic E-state index is 11.4. The molecular formula is C12H17ClN2O. The molecule has 0 radical (unpaired) electrons. The van der Waals surface area contributed by atoms with Crippen LogP contribution in [0.2, 0.25) is 0 Å². The summed E-state index contributed by atoms with van der Waals surface area (Å²) in [5, 5.41) is 3.37. The molecule has 1 aliphatic carbocycles. The van der Waals surface area contributed by atoms with Crippen LogP contribution in [0, 0.1) is 5.41 Å². The second-order valence-electron chi connectivity index (χ2n) is 4.54. The molecule has 1 aromatic rings. The van der Waals surface area contributed by atoms with Crippen LogP contribution in [0.1, 0.15) is 12.8 Å². The first-order valence-electron chi connectivity index (χ1n) is 5.68. The van der Waals surface area contributed by atoms with Gasteiger partial charge in [0.2, 0.25) is 0 Å². The zero-order valence-electron chi connectivity index (χ0n) is 9.29. The minimum atomic E-state index is 0.0581. The molecule has 4 heteroatoms. The molecule has 1 N–H and O–H groups in total. The molecule has 0 atom stereocenters. The number of rotatable bonds is 6. The van der Waals surface area contributed by atoms with Crippen LogP contribution >= 0.6 is 11.6 Å². The Morgan fingerprint density at radius 3 is 2.88 bits per heavy atom. The molecule has 0 spiro atoms. The van der Waals surface area contributed by atoms with E-state index in [1.165, 1.54) is 12.8 Å². The van der Waals surface area contributed by atoms with Gasteiger partial charge in [0, 0.05) is 37.8 Å². The monoisotopic (exact) mass is 240 g/mol. The molecule has 0 saturated heterocycles. The van der Waals surface area contributed by atoms with Gasteiger partial charge in [-0.25, -0.2) is 0 Å². The number of nitrogens with one attached hydrogen (secondary N) is 1. The normalized spacial score (nSPS) is 17.3. The summed E-state index contributed by atoms with van der Waals surface area (Å²) in [7, 11) is 0. The quantitative estimate of drug-likeness (QED) is 0.604. The summed E-state index contributed by atoms with van der Waals surface area (Å²) < 4.78 is 1.72. The van der Waals surface area contributed by atoms with Gasteiger partial charge in [0.15, 0.2) is 0 Å². The van der Waals surface area contributed by atoms with E-state index in [9.17, 15) is 4.79 Å². The molecule has 88 valence electrons. The van der Waals surface area contributed by atoms with Crippen LogP contribution in [-0.2, 0) is 6.54 Å². The maximum atomic E-state index is 11.4. The van der Waals surface area contributed by atoms with Gasteiger partial charge in [-0.15, -0.1) is 11.6 Å². The van der Waals surface area contributed by atoms with Crippen LogP contribution in [0.25, 0.3) is 0 Å². The maximum Gasteiger partial charge on any atom is 0.250 e. The first-order valence-corrected chi connectivity index (χ1v) is 6.21. The highest BCUT2D eigenvalue weighted by Gasteiger charge is 2.40. The van der Waals surface area contributed by atoms with Crippen LogP contribution < -0.4 is 10.9 Å². The van der Waals surface area contributed by atoms with E-state index in [0.29, 0.717) is 5.41 Å². The molecule has 0 aliphatic heterocycles. The fourth-order valence-electron chi connectivity index (χ4n) is 1.73. The van der Waals surface area contributed by atoms with E-state index >= 15 is 0 Å². The minimum Gasteiger partial charge on any atom is -0.314 e. The number of aromatic nitrogens is 1. The van der Waals surface area contributed by atoms with Crippen LogP contribution in [0.5, 0.6) is 0 Å². The van der Waals surface area contributed by atoms with Crippen molar-refractivity contribution < 1.29 is 0 Å². The van der Waals surface area contributed by atoms with Crippen molar-refractivity contribution in [1.29, 1.82) is 0 Å². The Bertz CT molecular complexity index is 398. The van der Waals surface area contributed by atoms with Gasteiger partial charge < -0.3 is 9.88 Å². The Kier molecular flexibility index (Phi) is 3.66. The Morgan fingerprint density at radius 1 is 1.44 bits per heavy atom. The van der Waals surface area contributed by atoms with Gasteiger partial charge in [0.05, 0.1) is 0 Å². The van der Waals surface area contributed by atoms with Crippen LogP contribution in [0.15, 0.2) is 29.2 Å². The highest BCUT2D eigenvalue weighted by molar-refractivity contribution is 6.18. The molecule has 0 unspecified atom stereocenters. The third kappa shape index (κ3) is 2.86. The van der Waals surface area contributed by atoms with Crippen molar-refractivity contribution in [3.63, 3.8) is 0 Å². The average molecular weight is 241 g/mol. The number of alkyl halides is 1. The highest BCUT2D eigenvalue weighted by Crippen LogP contribution is 2.45. The number of hydrogen-bond donors (Lipinski definition) is 1. The fourth-order valence-corrected chi connectivity index (χ4v) is 2.09. The van der Waals surface area contributed by atoms with E-state index in [0.717, 1.165) is 25.5 Å². The summed E-state index contributed by atoms with van der Waals surface area (Å²) in [6.07, 6.45) is 4.28. The molecule has 0 amide bonds. The van der Waals surface area contributed by atoms with Crippen molar-refractivity contribution in [3.8, 4) is 0 Å². The first-order chi connectivity index (χ1) is 7.76. The Morgan fingerprint density at radius 2 is 2.25 bits per heavy atom. The van der Waals surface area contributed by atoms with Crippen molar-refractivity contribution in [2.45, 2.75) is 19.4 Å². The van der Waals surface area contributed by atoms with Gasteiger partial charge in [-0.3, -0.25) is 4.79 Å². The third-order valence-electron chi connectivity index (χ3n) is 3.17. The summed E-state index contributed by atoms with van der Waals surface area (Å²) in [4.78, 5) is 11.4. The van der Waals surface area contributed by atoms with E-state index < -0.39 is 0 Å². The zero-order valence-corrected chi connectivity index (χ0v) is 10.0. The first kappa shape index (κ1) is 11.7. The smallest absolute Gasteiger partial charge is 0.250 e. The van der Waals surface area contributed by atoms with Crippen molar-refractivity contribution in [2.75, 3.05) is 19.0 Å². The number of nitrogens with zero attached hydrogens (tertiary/aromatic N) is 1. The second-order valence-corrected chi connectivity index (χ2v) is 4.81. The summed E-state index contributed by atoms with van der Waals surface area (Å²) in [6.45, 7) is 2.51. The molecule has 1 aromatic heterocycles. The van der Waals surface area contributed by atoms with E-state index in [1.54, 1.807) is 16.7 Å². The standard InChI is InChI=1S/C12H17ClN2O/c13-9-12(4-5-12)10-14-6-8-15-7-2-1-3-11(15)16/h1-3,7,14H,4-6,8-10H2. The lowest BCUT2D eigenvalue weighted by Gasteiger charge is -2.12. The molecule has 1 fully saturated rings. The number of halogens is 1. The summed E-state index contributed by atoms with van der Waals surface area (Å²) >= 11 is 5.88. The second kappa shape index (κ2) is 5.02.